The molecule has 0 spiro atoms. The summed E-state index contributed by atoms with van der Waals surface area (Å²) in [6.45, 7) is 2.41. The summed E-state index contributed by atoms with van der Waals surface area (Å²) in [4.78, 5) is 29.0. The molecule has 0 bridgehead atoms. The highest BCUT2D eigenvalue weighted by molar-refractivity contribution is 6.05. The molecule has 3 aromatic rings. The van der Waals surface area contributed by atoms with Crippen LogP contribution < -0.4 is 15.4 Å². The highest BCUT2D eigenvalue weighted by Crippen LogP contribution is 2.13. The van der Waals surface area contributed by atoms with Gasteiger partial charge in [0.05, 0.1) is 7.11 Å². The molecule has 29 heavy (non-hydrogen) atoms. The fourth-order valence-electron chi connectivity index (χ4n) is 2.86. The van der Waals surface area contributed by atoms with E-state index in [2.05, 4.69) is 15.6 Å². The Bertz CT molecular complexity index is 1020. The van der Waals surface area contributed by atoms with Crippen molar-refractivity contribution in [1.29, 1.82) is 0 Å². The first-order valence-corrected chi connectivity index (χ1v) is 9.30. The molecule has 0 radical (unpaired) electrons. The summed E-state index contributed by atoms with van der Waals surface area (Å²) >= 11 is 0. The van der Waals surface area contributed by atoms with E-state index in [4.69, 9.17) is 4.74 Å². The summed E-state index contributed by atoms with van der Waals surface area (Å²) in [6, 6.07) is 18.3. The third-order valence-corrected chi connectivity index (χ3v) is 4.36. The minimum atomic E-state index is -0.321. The van der Waals surface area contributed by atoms with Gasteiger partial charge in [-0.25, -0.2) is 0 Å². The normalized spacial score (nSPS) is 10.3. The van der Waals surface area contributed by atoms with Gasteiger partial charge in [0.15, 0.2) is 0 Å². The average Bonchev–Trinajstić information content (AvgIpc) is 2.74. The number of carbonyl (C=O) groups is 2. The van der Waals surface area contributed by atoms with Crippen LogP contribution in [0.15, 0.2) is 66.9 Å². The van der Waals surface area contributed by atoms with E-state index >= 15 is 0 Å². The lowest BCUT2D eigenvalue weighted by Gasteiger charge is -2.08. The molecule has 0 saturated carbocycles. The van der Waals surface area contributed by atoms with E-state index < -0.39 is 0 Å². The molecule has 0 saturated heterocycles. The third kappa shape index (κ3) is 5.65. The zero-order valence-electron chi connectivity index (χ0n) is 16.4. The first-order valence-electron chi connectivity index (χ1n) is 9.30. The lowest BCUT2D eigenvalue weighted by Crippen LogP contribution is -2.27. The van der Waals surface area contributed by atoms with Crippen molar-refractivity contribution in [3.8, 4) is 5.75 Å². The molecular formula is C23H23N3O3. The van der Waals surface area contributed by atoms with Crippen molar-refractivity contribution in [3.63, 3.8) is 0 Å². The predicted molar refractivity (Wildman–Crippen MR) is 112 cm³/mol. The molecule has 0 aliphatic rings. The number of amides is 2. The van der Waals surface area contributed by atoms with Gasteiger partial charge in [-0.2, -0.15) is 0 Å². The number of nitrogens with zero attached hydrogens (tertiary/aromatic N) is 1. The molecule has 6 heteroatoms. The van der Waals surface area contributed by atoms with E-state index in [-0.39, 0.29) is 17.5 Å². The number of pyridine rings is 1. The molecule has 3 rings (SSSR count). The second-order valence-electron chi connectivity index (χ2n) is 6.61. The van der Waals surface area contributed by atoms with E-state index in [1.165, 1.54) is 12.3 Å². The third-order valence-electron chi connectivity index (χ3n) is 4.36. The number of ether oxygens (including phenoxy) is 1. The number of aromatic nitrogens is 1. The molecule has 0 fully saturated rings. The Morgan fingerprint density at radius 3 is 2.62 bits per heavy atom. The number of carbonyl (C=O) groups excluding carboxylic acids is 2. The van der Waals surface area contributed by atoms with Crippen LogP contribution in [-0.2, 0) is 6.42 Å². The number of hydrogen-bond donors (Lipinski definition) is 2. The van der Waals surface area contributed by atoms with E-state index in [9.17, 15) is 9.59 Å². The molecular weight excluding hydrogens is 366 g/mol. The SMILES string of the molecule is COc1cccc(CCNC(=O)c2cc(C(=O)Nc3cccc(C)c3)ccn2)c1. The smallest absolute Gasteiger partial charge is 0.269 e. The number of hydrogen-bond acceptors (Lipinski definition) is 4. The molecule has 0 unspecified atom stereocenters. The van der Waals surface area contributed by atoms with Crippen LogP contribution in [0.3, 0.4) is 0 Å². The van der Waals surface area contributed by atoms with Gasteiger partial charge in [0.1, 0.15) is 11.4 Å². The molecule has 6 nitrogen and oxygen atoms in total. The van der Waals surface area contributed by atoms with Crippen LogP contribution in [-0.4, -0.2) is 30.5 Å². The van der Waals surface area contributed by atoms with Crippen molar-refractivity contribution in [3.05, 3.63) is 89.2 Å². The van der Waals surface area contributed by atoms with Crippen LogP contribution in [0.1, 0.15) is 32.0 Å². The van der Waals surface area contributed by atoms with Crippen molar-refractivity contribution in [1.82, 2.24) is 10.3 Å². The van der Waals surface area contributed by atoms with Gasteiger partial charge < -0.3 is 15.4 Å². The van der Waals surface area contributed by atoms with Gasteiger partial charge in [-0.1, -0.05) is 24.3 Å². The number of methoxy groups -OCH3 is 1. The van der Waals surface area contributed by atoms with Gasteiger partial charge in [-0.3, -0.25) is 14.6 Å². The standard InChI is InChI=1S/C23H23N3O3/c1-16-5-3-7-19(13-16)26-22(27)18-10-12-24-21(15-18)23(28)25-11-9-17-6-4-8-20(14-17)29-2/h3-8,10,12-15H,9,11H2,1-2H3,(H,25,28)(H,26,27). The summed E-state index contributed by atoms with van der Waals surface area (Å²) in [5.41, 5.74) is 3.39. The maximum Gasteiger partial charge on any atom is 0.269 e. The Kier molecular flexibility index (Phi) is 6.58. The van der Waals surface area contributed by atoms with E-state index in [1.54, 1.807) is 13.2 Å². The molecule has 2 amide bonds. The number of aryl methyl sites for hydroxylation is 1. The van der Waals surface area contributed by atoms with Gasteiger partial charge in [0.25, 0.3) is 11.8 Å². The molecule has 0 atom stereocenters. The van der Waals surface area contributed by atoms with Crippen molar-refractivity contribution < 1.29 is 14.3 Å². The molecule has 0 aliphatic carbocycles. The fraction of sp³-hybridized carbons (Fsp3) is 0.174. The van der Waals surface area contributed by atoms with Crippen molar-refractivity contribution in [2.24, 2.45) is 0 Å². The minimum Gasteiger partial charge on any atom is -0.497 e. The first-order chi connectivity index (χ1) is 14.0. The van der Waals surface area contributed by atoms with Gasteiger partial charge in [-0.15, -0.1) is 0 Å². The molecule has 2 aromatic carbocycles. The minimum absolute atomic E-state index is 0.201. The van der Waals surface area contributed by atoms with Crippen molar-refractivity contribution in [2.45, 2.75) is 13.3 Å². The predicted octanol–water partition coefficient (Wildman–Crippen LogP) is 3.62. The van der Waals surface area contributed by atoms with Gasteiger partial charge in [0.2, 0.25) is 0 Å². The number of anilines is 1. The molecule has 148 valence electrons. The van der Waals surface area contributed by atoms with Crippen molar-refractivity contribution >= 4 is 17.5 Å². The van der Waals surface area contributed by atoms with Crippen LogP contribution in [0.25, 0.3) is 0 Å². The molecule has 2 N–H and O–H groups in total. The largest absolute Gasteiger partial charge is 0.497 e. The molecule has 1 aromatic heterocycles. The van der Waals surface area contributed by atoms with E-state index in [1.807, 2.05) is 55.5 Å². The highest BCUT2D eigenvalue weighted by atomic mass is 16.5. The summed E-state index contributed by atoms with van der Waals surface area (Å²) in [5, 5.41) is 5.66. The topological polar surface area (TPSA) is 80.3 Å². The van der Waals surface area contributed by atoms with Crippen LogP contribution in [0.4, 0.5) is 5.69 Å². The quantitative estimate of drug-likeness (QED) is 0.647. The average molecular weight is 389 g/mol. The Morgan fingerprint density at radius 2 is 1.83 bits per heavy atom. The number of benzene rings is 2. The lowest BCUT2D eigenvalue weighted by molar-refractivity contribution is 0.0949. The van der Waals surface area contributed by atoms with Gasteiger partial charge in [-0.05, 0) is 60.9 Å². The highest BCUT2D eigenvalue weighted by Gasteiger charge is 2.12. The van der Waals surface area contributed by atoms with E-state index in [0.717, 1.165) is 16.9 Å². The molecule has 0 aliphatic heterocycles. The summed E-state index contributed by atoms with van der Waals surface area (Å²) in [6.07, 6.45) is 2.12. The van der Waals surface area contributed by atoms with E-state index in [0.29, 0.717) is 24.2 Å². The second-order valence-corrected chi connectivity index (χ2v) is 6.61. The number of rotatable bonds is 7. The van der Waals surface area contributed by atoms with Crippen LogP contribution in [0.2, 0.25) is 0 Å². The monoisotopic (exact) mass is 389 g/mol. The first kappa shape index (κ1) is 20.1. The summed E-state index contributed by atoms with van der Waals surface area (Å²) in [5.74, 6) is 0.171. The Balaban J connectivity index is 1.59. The summed E-state index contributed by atoms with van der Waals surface area (Å²) < 4.78 is 5.20. The molecule has 1 heterocycles. The Labute approximate surface area is 169 Å². The Morgan fingerprint density at radius 1 is 1.00 bits per heavy atom. The lowest BCUT2D eigenvalue weighted by atomic mass is 10.1. The van der Waals surface area contributed by atoms with Gasteiger partial charge >= 0.3 is 0 Å². The zero-order chi connectivity index (χ0) is 20.6. The maximum atomic E-state index is 12.5. The van der Waals surface area contributed by atoms with Crippen LogP contribution in [0, 0.1) is 6.92 Å². The van der Waals surface area contributed by atoms with Crippen LogP contribution >= 0.6 is 0 Å². The van der Waals surface area contributed by atoms with Crippen molar-refractivity contribution in [2.75, 3.05) is 19.0 Å². The number of nitrogens with one attached hydrogen (secondary N) is 2. The zero-order valence-corrected chi connectivity index (χ0v) is 16.4. The Hall–Kier alpha value is -3.67. The second kappa shape index (κ2) is 9.50. The fourth-order valence-corrected chi connectivity index (χ4v) is 2.86. The summed E-state index contributed by atoms with van der Waals surface area (Å²) in [7, 11) is 1.62. The van der Waals surface area contributed by atoms with Gasteiger partial charge in [0, 0.05) is 24.0 Å². The maximum absolute atomic E-state index is 12.5. The van der Waals surface area contributed by atoms with Crippen LogP contribution in [0.5, 0.6) is 5.75 Å².